The summed E-state index contributed by atoms with van der Waals surface area (Å²) in [7, 11) is -3.69. The minimum Gasteiger partial charge on any atom is -0.460 e. The van der Waals surface area contributed by atoms with Crippen molar-refractivity contribution in [3.8, 4) is 5.75 Å². The third-order valence-electron chi connectivity index (χ3n) is 4.29. The maximum absolute atomic E-state index is 12.6. The van der Waals surface area contributed by atoms with Crippen molar-refractivity contribution in [1.82, 2.24) is 0 Å². The van der Waals surface area contributed by atoms with Gasteiger partial charge in [-0.25, -0.2) is 0 Å². The van der Waals surface area contributed by atoms with Gasteiger partial charge in [0.1, 0.15) is 24.0 Å². The molecule has 8 nitrogen and oxygen atoms in total. The Kier molecular flexibility index (Phi) is 8.40. The average molecular weight is 464 g/mol. The van der Waals surface area contributed by atoms with Crippen molar-refractivity contribution in [2.45, 2.75) is 51.4 Å². The number of esters is 2. The van der Waals surface area contributed by atoms with Gasteiger partial charge in [-0.15, -0.1) is 0 Å². The molecule has 9 heteroatoms. The van der Waals surface area contributed by atoms with Crippen LogP contribution in [-0.2, 0) is 35.8 Å². The highest BCUT2D eigenvalue weighted by Crippen LogP contribution is 2.27. The van der Waals surface area contributed by atoms with Gasteiger partial charge in [0.25, 0.3) is 0 Å². The van der Waals surface area contributed by atoms with Crippen LogP contribution >= 0.6 is 0 Å². The molecule has 0 aromatic heterocycles. The second kappa shape index (κ2) is 10.6. The van der Waals surface area contributed by atoms with Crippen molar-refractivity contribution < 1.29 is 31.7 Å². The minimum absolute atomic E-state index is 0.0493. The first-order valence-electron chi connectivity index (χ1n) is 10.0. The van der Waals surface area contributed by atoms with Gasteiger partial charge in [0, 0.05) is 5.92 Å². The van der Waals surface area contributed by atoms with E-state index in [2.05, 4.69) is 0 Å². The van der Waals surface area contributed by atoms with E-state index in [0.29, 0.717) is 5.56 Å². The third-order valence-corrected chi connectivity index (χ3v) is 4.79. The van der Waals surface area contributed by atoms with Crippen LogP contribution < -0.4 is 9.92 Å². The zero-order chi connectivity index (χ0) is 23.9. The first-order valence-corrected chi connectivity index (χ1v) is 11.8. The Hall–Kier alpha value is -2.91. The number of carbonyl (C=O) groups excluding carboxylic acids is 2. The van der Waals surface area contributed by atoms with Crippen LogP contribution in [0.1, 0.15) is 44.2 Å². The highest BCUT2D eigenvalue weighted by atomic mass is 32.2. The summed E-state index contributed by atoms with van der Waals surface area (Å²) in [6.45, 7) is 5.27. The molecule has 0 amide bonds. The lowest BCUT2D eigenvalue weighted by Gasteiger charge is -2.25. The van der Waals surface area contributed by atoms with Gasteiger partial charge in [0.05, 0.1) is 12.7 Å². The molecule has 0 bridgehead atoms. The van der Waals surface area contributed by atoms with E-state index in [0.717, 1.165) is 11.8 Å². The number of hydrogen-bond acceptors (Lipinski definition) is 8. The molecule has 0 aliphatic rings. The molecular weight excluding hydrogens is 434 g/mol. The molecule has 0 saturated heterocycles. The highest BCUT2D eigenvalue weighted by Gasteiger charge is 2.31. The molecule has 0 spiro atoms. The zero-order valence-electron chi connectivity index (χ0n) is 18.6. The van der Waals surface area contributed by atoms with E-state index in [1.165, 1.54) is 12.1 Å². The molecule has 2 aromatic carbocycles. The summed E-state index contributed by atoms with van der Waals surface area (Å²) >= 11 is 0. The van der Waals surface area contributed by atoms with Crippen LogP contribution in [-0.4, -0.2) is 38.3 Å². The van der Waals surface area contributed by atoms with Crippen molar-refractivity contribution >= 4 is 22.1 Å². The van der Waals surface area contributed by atoms with E-state index in [4.69, 9.17) is 19.4 Å². The maximum atomic E-state index is 12.6. The molecule has 2 N–H and O–H groups in total. The van der Waals surface area contributed by atoms with Gasteiger partial charge >= 0.3 is 22.1 Å². The molecule has 2 atom stereocenters. The molecule has 2 aromatic rings. The van der Waals surface area contributed by atoms with Gasteiger partial charge < -0.3 is 19.4 Å². The van der Waals surface area contributed by atoms with Crippen LogP contribution in [0.3, 0.4) is 0 Å². The van der Waals surface area contributed by atoms with Gasteiger partial charge in [-0.05, 0) is 44.0 Å². The minimum atomic E-state index is -3.69. The summed E-state index contributed by atoms with van der Waals surface area (Å²) in [5.41, 5.74) is 6.85. The predicted octanol–water partition coefficient (Wildman–Crippen LogP) is 2.91. The van der Waals surface area contributed by atoms with Gasteiger partial charge in [0.15, 0.2) is 0 Å². The summed E-state index contributed by atoms with van der Waals surface area (Å²) in [4.78, 5) is 25.1. The van der Waals surface area contributed by atoms with Gasteiger partial charge in [-0.1, -0.05) is 42.5 Å². The number of hydrogen-bond donors (Lipinski definition) is 1. The van der Waals surface area contributed by atoms with Gasteiger partial charge in [-0.2, -0.15) is 8.42 Å². The molecule has 0 fully saturated rings. The van der Waals surface area contributed by atoms with Crippen molar-refractivity contribution in [2.75, 3.05) is 6.26 Å². The summed E-state index contributed by atoms with van der Waals surface area (Å²) in [6.07, 6.45) is 0.774. The largest absolute Gasteiger partial charge is 0.460 e. The topological polar surface area (TPSA) is 122 Å². The quantitative estimate of drug-likeness (QED) is 0.445. The number of benzene rings is 2. The second-order valence-corrected chi connectivity index (χ2v) is 9.95. The Morgan fingerprint density at radius 2 is 1.59 bits per heavy atom. The lowest BCUT2D eigenvalue weighted by atomic mass is 9.88. The van der Waals surface area contributed by atoms with Crippen molar-refractivity contribution in [3.63, 3.8) is 0 Å². The highest BCUT2D eigenvalue weighted by molar-refractivity contribution is 7.86. The monoisotopic (exact) mass is 463 g/mol. The predicted molar refractivity (Wildman–Crippen MR) is 119 cm³/mol. The molecular formula is C23H29NO7S. The number of carbonyl (C=O) groups is 2. The van der Waals surface area contributed by atoms with Crippen LogP contribution in [0.2, 0.25) is 0 Å². The van der Waals surface area contributed by atoms with Crippen molar-refractivity contribution in [2.24, 2.45) is 5.73 Å². The fourth-order valence-electron chi connectivity index (χ4n) is 2.95. The molecule has 0 radical (unpaired) electrons. The lowest BCUT2D eigenvalue weighted by Crippen LogP contribution is -2.40. The van der Waals surface area contributed by atoms with Crippen LogP contribution in [0, 0.1) is 0 Å². The Bertz CT molecular complexity index is 1010. The Morgan fingerprint density at radius 1 is 1.00 bits per heavy atom. The zero-order valence-corrected chi connectivity index (χ0v) is 19.4. The maximum Gasteiger partial charge on any atom is 0.323 e. The molecule has 0 aliphatic heterocycles. The average Bonchev–Trinajstić information content (AvgIpc) is 2.69. The normalized spacial score (nSPS) is 13.7. The summed E-state index contributed by atoms with van der Waals surface area (Å²) < 4.78 is 38.2. The summed E-state index contributed by atoms with van der Waals surface area (Å²) in [5, 5.41) is 0. The molecule has 0 aliphatic carbocycles. The fraction of sp³-hybridized carbons (Fsp3) is 0.391. The first-order chi connectivity index (χ1) is 14.8. The van der Waals surface area contributed by atoms with Gasteiger partial charge in [0.2, 0.25) is 0 Å². The first kappa shape index (κ1) is 25.4. The van der Waals surface area contributed by atoms with E-state index < -0.39 is 39.6 Å². The van der Waals surface area contributed by atoms with Crippen LogP contribution in [0.5, 0.6) is 5.75 Å². The molecule has 0 heterocycles. The third kappa shape index (κ3) is 8.68. The van der Waals surface area contributed by atoms with Crippen LogP contribution in [0.25, 0.3) is 0 Å². The fourth-order valence-corrected chi connectivity index (χ4v) is 3.41. The van der Waals surface area contributed by atoms with Crippen LogP contribution in [0.4, 0.5) is 0 Å². The van der Waals surface area contributed by atoms with E-state index in [1.807, 2.05) is 30.3 Å². The number of nitrogens with two attached hydrogens (primary N) is 1. The number of rotatable bonds is 9. The smallest absolute Gasteiger partial charge is 0.323 e. The standard InChI is InChI=1S/C23H29NO7S/c1-23(2,3)30-20(25)14-19(17-10-12-18(13-11-17)31-32(4,27)28)21(24)22(26)29-15-16-8-6-5-7-9-16/h5-13,19,21H,14-15,24H2,1-4H3. The lowest BCUT2D eigenvalue weighted by molar-refractivity contribution is -0.156. The summed E-state index contributed by atoms with van der Waals surface area (Å²) in [5.74, 6) is -1.84. The Labute approximate surface area is 188 Å². The van der Waals surface area contributed by atoms with E-state index in [1.54, 1.807) is 32.9 Å². The second-order valence-electron chi connectivity index (χ2n) is 8.37. The Balaban J connectivity index is 2.20. The van der Waals surface area contributed by atoms with E-state index >= 15 is 0 Å². The van der Waals surface area contributed by atoms with E-state index in [-0.39, 0.29) is 18.8 Å². The van der Waals surface area contributed by atoms with Crippen molar-refractivity contribution in [1.29, 1.82) is 0 Å². The van der Waals surface area contributed by atoms with E-state index in [9.17, 15) is 18.0 Å². The molecule has 0 saturated carbocycles. The molecule has 174 valence electrons. The number of ether oxygens (including phenoxy) is 2. The SMILES string of the molecule is CC(C)(C)OC(=O)CC(c1ccc(OS(C)(=O)=O)cc1)C(N)C(=O)OCc1ccccc1. The molecule has 2 rings (SSSR count). The van der Waals surface area contributed by atoms with Gasteiger partial charge in [-0.3, -0.25) is 9.59 Å². The Morgan fingerprint density at radius 3 is 2.12 bits per heavy atom. The molecule has 2 unspecified atom stereocenters. The van der Waals surface area contributed by atoms with Crippen molar-refractivity contribution in [3.05, 3.63) is 65.7 Å². The summed E-state index contributed by atoms with van der Waals surface area (Å²) in [6, 6.07) is 14.0. The van der Waals surface area contributed by atoms with Crippen LogP contribution in [0.15, 0.2) is 54.6 Å². The molecule has 32 heavy (non-hydrogen) atoms.